The van der Waals surface area contributed by atoms with Gasteiger partial charge in [0, 0.05) is 12.6 Å². The second-order valence-corrected chi connectivity index (χ2v) is 7.33. The molecule has 1 heterocycles. The van der Waals surface area contributed by atoms with E-state index in [0.717, 1.165) is 38.8 Å². The fourth-order valence-corrected chi connectivity index (χ4v) is 3.90. The zero-order valence-electron chi connectivity index (χ0n) is 15.0. The average molecular weight is 343 g/mol. The van der Waals surface area contributed by atoms with E-state index >= 15 is 0 Å². The molecule has 2 aliphatic rings. The smallest absolute Gasteiger partial charge is 0.242 e. The maximum absolute atomic E-state index is 12.7. The summed E-state index contributed by atoms with van der Waals surface area (Å²) in [7, 11) is 0. The molecule has 2 fully saturated rings. The van der Waals surface area contributed by atoms with Crippen molar-refractivity contribution in [1.29, 1.82) is 0 Å². The van der Waals surface area contributed by atoms with Gasteiger partial charge in [-0.15, -0.1) is 0 Å². The van der Waals surface area contributed by atoms with Gasteiger partial charge in [0.2, 0.25) is 11.8 Å². The highest BCUT2D eigenvalue weighted by atomic mass is 16.2. The summed E-state index contributed by atoms with van der Waals surface area (Å²) < 4.78 is 0. The summed E-state index contributed by atoms with van der Waals surface area (Å²) in [6.45, 7) is 3.48. The van der Waals surface area contributed by atoms with E-state index in [9.17, 15) is 9.59 Å². The minimum atomic E-state index is -0.479. The molecule has 1 aromatic rings. The maximum Gasteiger partial charge on any atom is 0.242 e. The van der Waals surface area contributed by atoms with E-state index < -0.39 is 6.04 Å². The minimum Gasteiger partial charge on any atom is -0.352 e. The van der Waals surface area contributed by atoms with Gasteiger partial charge < -0.3 is 10.6 Å². The Bertz CT molecular complexity index is 584. The van der Waals surface area contributed by atoms with Crippen molar-refractivity contribution in [2.75, 3.05) is 6.54 Å². The van der Waals surface area contributed by atoms with Crippen molar-refractivity contribution in [3.63, 3.8) is 0 Å². The van der Waals surface area contributed by atoms with Crippen LogP contribution in [0.1, 0.15) is 51.0 Å². The summed E-state index contributed by atoms with van der Waals surface area (Å²) in [5, 5.41) is 5.98. The molecule has 5 heteroatoms. The molecule has 1 saturated carbocycles. The van der Waals surface area contributed by atoms with E-state index in [1.807, 2.05) is 18.2 Å². The maximum atomic E-state index is 12.7. The number of amides is 2. The highest BCUT2D eigenvalue weighted by molar-refractivity contribution is 5.89. The van der Waals surface area contributed by atoms with Crippen LogP contribution in [0.15, 0.2) is 30.3 Å². The van der Waals surface area contributed by atoms with Crippen LogP contribution in [0.5, 0.6) is 0 Å². The fraction of sp³-hybridized carbons (Fsp3) is 0.600. The highest BCUT2D eigenvalue weighted by Gasteiger charge is 2.32. The van der Waals surface area contributed by atoms with E-state index in [-0.39, 0.29) is 23.9 Å². The van der Waals surface area contributed by atoms with Crippen molar-refractivity contribution in [1.82, 2.24) is 15.5 Å². The lowest BCUT2D eigenvalue weighted by molar-refractivity contribution is -0.131. The summed E-state index contributed by atoms with van der Waals surface area (Å²) in [6, 6.07) is 9.89. The molecule has 2 amide bonds. The van der Waals surface area contributed by atoms with Crippen molar-refractivity contribution in [2.24, 2.45) is 0 Å². The molecular formula is C20H29N3O2. The Morgan fingerprint density at radius 1 is 1.12 bits per heavy atom. The molecule has 5 nitrogen and oxygen atoms in total. The van der Waals surface area contributed by atoms with Gasteiger partial charge in [0.15, 0.2) is 0 Å². The van der Waals surface area contributed by atoms with Crippen LogP contribution >= 0.6 is 0 Å². The zero-order valence-corrected chi connectivity index (χ0v) is 15.0. The third-order valence-electron chi connectivity index (χ3n) is 5.35. The molecular weight excluding hydrogens is 314 g/mol. The molecule has 1 aliphatic carbocycles. The van der Waals surface area contributed by atoms with E-state index in [1.54, 1.807) is 6.92 Å². The van der Waals surface area contributed by atoms with Gasteiger partial charge in [-0.1, -0.05) is 43.2 Å². The van der Waals surface area contributed by atoms with Crippen molar-refractivity contribution < 1.29 is 9.59 Å². The second kappa shape index (κ2) is 8.48. The SMILES string of the molecule is C[C@H](NC(=O)[C@H]1CCCN1Cc1ccccc1)C(=O)NC1CCCC1. The van der Waals surface area contributed by atoms with Crippen molar-refractivity contribution >= 4 is 11.8 Å². The lowest BCUT2D eigenvalue weighted by Gasteiger charge is -2.25. The molecule has 1 saturated heterocycles. The summed E-state index contributed by atoms with van der Waals surface area (Å²) in [6.07, 6.45) is 6.35. The summed E-state index contributed by atoms with van der Waals surface area (Å²) >= 11 is 0. The van der Waals surface area contributed by atoms with Crippen LogP contribution in [0.3, 0.4) is 0 Å². The fourth-order valence-electron chi connectivity index (χ4n) is 3.90. The summed E-state index contributed by atoms with van der Waals surface area (Å²) in [5.41, 5.74) is 1.22. The molecule has 3 rings (SSSR count). The van der Waals surface area contributed by atoms with Crippen molar-refractivity contribution in [2.45, 2.75) is 70.1 Å². The number of carbonyl (C=O) groups excluding carboxylic acids is 2. The molecule has 0 bridgehead atoms. The lowest BCUT2D eigenvalue weighted by Crippen LogP contribution is -2.52. The number of nitrogens with zero attached hydrogens (tertiary/aromatic N) is 1. The minimum absolute atomic E-state index is 0.0255. The van der Waals surface area contributed by atoms with E-state index in [2.05, 4.69) is 27.7 Å². The Labute approximate surface area is 150 Å². The number of hydrogen-bond donors (Lipinski definition) is 2. The Kier molecular flexibility index (Phi) is 6.08. The zero-order chi connectivity index (χ0) is 17.6. The van der Waals surface area contributed by atoms with Gasteiger partial charge in [-0.2, -0.15) is 0 Å². The van der Waals surface area contributed by atoms with Crippen LogP contribution in [-0.2, 0) is 16.1 Å². The molecule has 2 atom stereocenters. The van der Waals surface area contributed by atoms with Crippen LogP contribution < -0.4 is 10.6 Å². The van der Waals surface area contributed by atoms with Gasteiger partial charge >= 0.3 is 0 Å². The second-order valence-electron chi connectivity index (χ2n) is 7.33. The number of benzene rings is 1. The first-order valence-corrected chi connectivity index (χ1v) is 9.52. The van der Waals surface area contributed by atoms with Crippen LogP contribution in [0.4, 0.5) is 0 Å². The monoisotopic (exact) mass is 343 g/mol. The largest absolute Gasteiger partial charge is 0.352 e. The van der Waals surface area contributed by atoms with Crippen LogP contribution in [0.25, 0.3) is 0 Å². The van der Waals surface area contributed by atoms with Gasteiger partial charge in [0.05, 0.1) is 6.04 Å². The quantitative estimate of drug-likeness (QED) is 0.832. The van der Waals surface area contributed by atoms with Gasteiger partial charge in [-0.25, -0.2) is 0 Å². The van der Waals surface area contributed by atoms with Gasteiger partial charge in [0.1, 0.15) is 6.04 Å². The Balaban J connectivity index is 1.51. The molecule has 0 spiro atoms. The number of hydrogen-bond acceptors (Lipinski definition) is 3. The lowest BCUT2D eigenvalue weighted by atomic mass is 10.1. The first kappa shape index (κ1) is 17.9. The van der Waals surface area contributed by atoms with Gasteiger partial charge in [-0.05, 0) is 44.7 Å². The van der Waals surface area contributed by atoms with E-state index in [1.165, 1.54) is 18.4 Å². The molecule has 1 aromatic carbocycles. The molecule has 2 N–H and O–H groups in total. The Morgan fingerprint density at radius 3 is 2.56 bits per heavy atom. The third-order valence-corrected chi connectivity index (χ3v) is 5.35. The average Bonchev–Trinajstić information content (AvgIpc) is 3.27. The van der Waals surface area contributed by atoms with Gasteiger partial charge in [-0.3, -0.25) is 14.5 Å². The van der Waals surface area contributed by atoms with Crippen molar-refractivity contribution in [3.8, 4) is 0 Å². The molecule has 0 radical (unpaired) electrons. The van der Waals surface area contributed by atoms with Crippen LogP contribution in [0, 0.1) is 0 Å². The number of nitrogens with one attached hydrogen (secondary N) is 2. The number of carbonyl (C=O) groups is 2. The predicted octanol–water partition coefficient (Wildman–Crippen LogP) is 2.21. The first-order chi connectivity index (χ1) is 12.1. The van der Waals surface area contributed by atoms with E-state index in [4.69, 9.17) is 0 Å². The Morgan fingerprint density at radius 2 is 1.84 bits per heavy atom. The van der Waals surface area contributed by atoms with Crippen LogP contribution in [-0.4, -0.2) is 41.4 Å². The molecule has 25 heavy (non-hydrogen) atoms. The van der Waals surface area contributed by atoms with Crippen LogP contribution in [0.2, 0.25) is 0 Å². The standard InChI is InChI=1S/C20H29N3O2/c1-15(19(24)22-17-10-5-6-11-17)21-20(25)18-12-7-13-23(18)14-16-8-3-2-4-9-16/h2-4,8-9,15,17-18H,5-7,10-14H2,1H3,(H,21,25)(H,22,24)/t15-,18+/m0/s1. The molecule has 0 unspecified atom stereocenters. The number of likely N-dealkylation sites (tertiary alicyclic amines) is 1. The third kappa shape index (κ3) is 4.82. The molecule has 0 aromatic heterocycles. The van der Waals surface area contributed by atoms with Gasteiger partial charge in [0.25, 0.3) is 0 Å². The Hall–Kier alpha value is -1.88. The van der Waals surface area contributed by atoms with E-state index in [0.29, 0.717) is 0 Å². The van der Waals surface area contributed by atoms with Crippen molar-refractivity contribution in [3.05, 3.63) is 35.9 Å². The normalized spacial score (nSPS) is 22.7. The topological polar surface area (TPSA) is 61.4 Å². The number of rotatable bonds is 6. The molecule has 1 aliphatic heterocycles. The highest BCUT2D eigenvalue weighted by Crippen LogP contribution is 2.21. The molecule has 136 valence electrons. The first-order valence-electron chi connectivity index (χ1n) is 9.52. The predicted molar refractivity (Wildman–Crippen MR) is 97.9 cm³/mol. The summed E-state index contributed by atoms with van der Waals surface area (Å²) in [5.74, 6) is -0.0876. The summed E-state index contributed by atoms with van der Waals surface area (Å²) in [4.78, 5) is 27.2.